The largest absolute Gasteiger partial charge is 0.341 e. The van der Waals surface area contributed by atoms with Gasteiger partial charge in [-0.15, -0.1) is 10.2 Å². The Labute approximate surface area is 137 Å². The lowest BCUT2D eigenvalue weighted by atomic mass is 9.98. The SMILES string of the molecule is CC1CCN(C(=O)[C@@H](C)N2CCn3c(nnc3C3CC3)C2)CC1. The molecule has 1 aromatic rings. The van der Waals surface area contributed by atoms with Crippen LogP contribution in [0.2, 0.25) is 0 Å². The van der Waals surface area contributed by atoms with Gasteiger partial charge < -0.3 is 9.47 Å². The predicted octanol–water partition coefficient (Wildman–Crippen LogP) is 1.62. The van der Waals surface area contributed by atoms with Crippen LogP contribution in [0.4, 0.5) is 0 Å². The second kappa shape index (κ2) is 5.89. The van der Waals surface area contributed by atoms with Crippen LogP contribution in [0.25, 0.3) is 0 Å². The number of nitrogens with zero attached hydrogens (tertiary/aromatic N) is 5. The Balaban J connectivity index is 1.41. The maximum atomic E-state index is 12.8. The Hall–Kier alpha value is -1.43. The zero-order valence-electron chi connectivity index (χ0n) is 14.2. The van der Waals surface area contributed by atoms with Crippen molar-refractivity contribution in [3.05, 3.63) is 11.6 Å². The number of hydrogen-bond acceptors (Lipinski definition) is 4. The fourth-order valence-corrected chi connectivity index (χ4v) is 3.82. The van der Waals surface area contributed by atoms with E-state index in [4.69, 9.17) is 0 Å². The highest BCUT2D eigenvalue weighted by Crippen LogP contribution is 2.39. The quantitative estimate of drug-likeness (QED) is 0.850. The van der Waals surface area contributed by atoms with Gasteiger partial charge in [0.15, 0.2) is 0 Å². The lowest BCUT2D eigenvalue weighted by Gasteiger charge is -2.37. The number of piperidine rings is 1. The summed E-state index contributed by atoms with van der Waals surface area (Å²) in [6, 6.07) is -0.0572. The third-order valence-electron chi connectivity index (χ3n) is 5.75. The van der Waals surface area contributed by atoms with Gasteiger partial charge in [-0.2, -0.15) is 0 Å². The van der Waals surface area contributed by atoms with E-state index in [1.54, 1.807) is 0 Å². The van der Waals surface area contributed by atoms with Crippen molar-refractivity contribution >= 4 is 5.91 Å². The van der Waals surface area contributed by atoms with Crippen LogP contribution in [0.3, 0.4) is 0 Å². The molecular formula is C17H27N5O. The smallest absolute Gasteiger partial charge is 0.239 e. The highest BCUT2D eigenvalue weighted by molar-refractivity contribution is 5.81. The van der Waals surface area contributed by atoms with Gasteiger partial charge in [0.1, 0.15) is 11.6 Å². The number of carbonyl (C=O) groups is 1. The van der Waals surface area contributed by atoms with Gasteiger partial charge in [0.05, 0.1) is 12.6 Å². The van der Waals surface area contributed by atoms with E-state index in [0.29, 0.717) is 5.92 Å². The first kappa shape index (κ1) is 15.1. The fourth-order valence-electron chi connectivity index (χ4n) is 3.82. The molecule has 4 rings (SSSR count). The number of rotatable bonds is 3. The Morgan fingerprint density at radius 3 is 2.52 bits per heavy atom. The number of fused-ring (bicyclic) bond motifs is 1. The van der Waals surface area contributed by atoms with E-state index < -0.39 is 0 Å². The Morgan fingerprint density at radius 2 is 1.83 bits per heavy atom. The molecule has 0 radical (unpaired) electrons. The predicted molar refractivity (Wildman–Crippen MR) is 86.8 cm³/mol. The Kier molecular flexibility index (Phi) is 3.87. The van der Waals surface area contributed by atoms with Gasteiger partial charge in [-0.25, -0.2) is 0 Å². The molecule has 1 saturated carbocycles. The summed E-state index contributed by atoms with van der Waals surface area (Å²) in [6.45, 7) is 8.75. The molecule has 0 unspecified atom stereocenters. The van der Waals surface area contributed by atoms with Crippen molar-refractivity contribution in [1.29, 1.82) is 0 Å². The molecule has 0 spiro atoms. The van der Waals surface area contributed by atoms with Gasteiger partial charge in [0, 0.05) is 32.1 Å². The third kappa shape index (κ3) is 2.89. The topological polar surface area (TPSA) is 54.3 Å². The van der Waals surface area contributed by atoms with Crippen LogP contribution >= 0.6 is 0 Å². The monoisotopic (exact) mass is 317 g/mol. The maximum Gasteiger partial charge on any atom is 0.239 e. The van der Waals surface area contributed by atoms with E-state index >= 15 is 0 Å². The van der Waals surface area contributed by atoms with Gasteiger partial charge in [-0.3, -0.25) is 9.69 Å². The minimum atomic E-state index is -0.0572. The van der Waals surface area contributed by atoms with E-state index in [-0.39, 0.29) is 11.9 Å². The molecule has 6 nitrogen and oxygen atoms in total. The molecule has 2 fully saturated rings. The average molecular weight is 317 g/mol. The molecular weight excluding hydrogens is 290 g/mol. The van der Waals surface area contributed by atoms with Crippen LogP contribution in [-0.2, 0) is 17.9 Å². The first-order chi connectivity index (χ1) is 11.1. The number of hydrogen-bond donors (Lipinski definition) is 0. The van der Waals surface area contributed by atoms with E-state index in [0.717, 1.165) is 57.3 Å². The van der Waals surface area contributed by atoms with Crippen LogP contribution in [0.5, 0.6) is 0 Å². The van der Waals surface area contributed by atoms with Crippen molar-refractivity contribution in [3.8, 4) is 0 Å². The molecule has 0 aromatic carbocycles. The zero-order chi connectivity index (χ0) is 16.0. The molecule has 3 aliphatic rings. The van der Waals surface area contributed by atoms with Crippen molar-refractivity contribution in [3.63, 3.8) is 0 Å². The summed E-state index contributed by atoms with van der Waals surface area (Å²) >= 11 is 0. The highest BCUT2D eigenvalue weighted by atomic mass is 16.2. The summed E-state index contributed by atoms with van der Waals surface area (Å²) in [6.07, 6.45) is 4.78. The molecule has 1 aromatic heterocycles. The molecule has 1 atom stereocenters. The lowest BCUT2D eigenvalue weighted by Crippen LogP contribution is -2.51. The molecule has 1 amide bonds. The van der Waals surface area contributed by atoms with Gasteiger partial charge in [0.2, 0.25) is 5.91 Å². The molecule has 126 valence electrons. The summed E-state index contributed by atoms with van der Waals surface area (Å²) in [5.41, 5.74) is 0. The molecule has 1 saturated heterocycles. The minimum absolute atomic E-state index is 0.0572. The Bertz CT molecular complexity index is 586. The molecule has 0 bridgehead atoms. The van der Waals surface area contributed by atoms with Crippen molar-refractivity contribution in [2.45, 2.75) is 64.6 Å². The van der Waals surface area contributed by atoms with E-state index in [2.05, 4.69) is 31.5 Å². The van der Waals surface area contributed by atoms with Crippen LogP contribution < -0.4 is 0 Å². The number of aromatic nitrogens is 3. The summed E-state index contributed by atoms with van der Waals surface area (Å²) in [5.74, 6) is 3.88. The average Bonchev–Trinajstić information content (AvgIpc) is 3.33. The maximum absolute atomic E-state index is 12.8. The summed E-state index contributed by atoms with van der Waals surface area (Å²) in [4.78, 5) is 17.1. The number of carbonyl (C=O) groups excluding carboxylic acids is 1. The van der Waals surface area contributed by atoms with Crippen molar-refractivity contribution in [2.75, 3.05) is 19.6 Å². The minimum Gasteiger partial charge on any atom is -0.341 e. The van der Waals surface area contributed by atoms with Crippen LogP contribution in [0.15, 0.2) is 0 Å². The van der Waals surface area contributed by atoms with Gasteiger partial charge in [-0.05, 0) is 38.5 Å². The molecule has 3 heterocycles. The second-order valence-electron chi connectivity index (χ2n) is 7.55. The lowest BCUT2D eigenvalue weighted by molar-refractivity contribution is -0.138. The molecule has 6 heteroatoms. The van der Waals surface area contributed by atoms with Gasteiger partial charge in [0.25, 0.3) is 0 Å². The normalized spacial score (nSPS) is 24.5. The zero-order valence-corrected chi connectivity index (χ0v) is 14.2. The Morgan fingerprint density at radius 1 is 1.09 bits per heavy atom. The molecule has 1 aliphatic carbocycles. The van der Waals surface area contributed by atoms with Crippen LogP contribution in [0, 0.1) is 5.92 Å². The van der Waals surface area contributed by atoms with Crippen LogP contribution in [-0.4, -0.2) is 56.1 Å². The summed E-state index contributed by atoms with van der Waals surface area (Å²) in [7, 11) is 0. The van der Waals surface area contributed by atoms with Crippen molar-refractivity contribution in [1.82, 2.24) is 24.6 Å². The summed E-state index contributed by atoms with van der Waals surface area (Å²) < 4.78 is 2.29. The van der Waals surface area contributed by atoms with Gasteiger partial charge in [-0.1, -0.05) is 6.92 Å². The second-order valence-corrected chi connectivity index (χ2v) is 7.55. The standard InChI is InChI=1S/C17H27N5O/c1-12-5-7-20(8-6-12)17(23)13(2)21-9-10-22-15(11-21)18-19-16(22)14-3-4-14/h12-14H,3-11H2,1-2H3/t13-/m1/s1. The number of amides is 1. The molecule has 0 N–H and O–H groups in total. The van der Waals surface area contributed by atoms with Crippen LogP contribution in [0.1, 0.15) is 57.1 Å². The first-order valence-corrected chi connectivity index (χ1v) is 9.08. The van der Waals surface area contributed by atoms with E-state index in [1.807, 2.05) is 6.92 Å². The highest BCUT2D eigenvalue weighted by Gasteiger charge is 2.35. The summed E-state index contributed by atoms with van der Waals surface area (Å²) in [5, 5.41) is 8.77. The number of likely N-dealkylation sites (tertiary alicyclic amines) is 1. The van der Waals surface area contributed by atoms with Gasteiger partial charge >= 0.3 is 0 Å². The first-order valence-electron chi connectivity index (χ1n) is 9.08. The van der Waals surface area contributed by atoms with E-state index in [9.17, 15) is 4.79 Å². The van der Waals surface area contributed by atoms with Crippen molar-refractivity contribution in [2.24, 2.45) is 5.92 Å². The third-order valence-corrected chi connectivity index (χ3v) is 5.75. The van der Waals surface area contributed by atoms with E-state index in [1.165, 1.54) is 18.7 Å². The fraction of sp³-hybridized carbons (Fsp3) is 0.824. The van der Waals surface area contributed by atoms with Crippen molar-refractivity contribution < 1.29 is 4.79 Å². The molecule has 23 heavy (non-hydrogen) atoms. The molecule has 2 aliphatic heterocycles.